The zero-order chi connectivity index (χ0) is 29.1. The maximum absolute atomic E-state index is 13.7. The number of carbonyl (C=O) groups is 3. The van der Waals surface area contributed by atoms with E-state index in [-0.39, 0.29) is 36.0 Å². The van der Waals surface area contributed by atoms with Crippen molar-refractivity contribution >= 4 is 29.5 Å². The number of carbonyl (C=O) groups excluding carboxylic acids is 2. The molecule has 1 saturated carbocycles. The summed E-state index contributed by atoms with van der Waals surface area (Å²) < 4.78 is 11.4. The lowest BCUT2D eigenvalue weighted by Gasteiger charge is -2.36. The van der Waals surface area contributed by atoms with Gasteiger partial charge in [-0.1, -0.05) is 48.5 Å². The van der Waals surface area contributed by atoms with Crippen LogP contribution in [0.2, 0.25) is 0 Å². The van der Waals surface area contributed by atoms with Crippen molar-refractivity contribution in [3.05, 3.63) is 81.5 Å². The second-order valence-corrected chi connectivity index (χ2v) is 12.8. The zero-order valence-corrected chi connectivity index (χ0v) is 24.4. The lowest BCUT2D eigenvalue weighted by atomic mass is 9.90. The van der Waals surface area contributed by atoms with Crippen LogP contribution in [0, 0.1) is 0 Å². The second-order valence-electron chi connectivity index (χ2n) is 11.7. The van der Waals surface area contributed by atoms with Crippen molar-refractivity contribution in [1.82, 2.24) is 10.2 Å². The van der Waals surface area contributed by atoms with Gasteiger partial charge in [0.25, 0.3) is 0 Å². The maximum atomic E-state index is 13.7. The van der Waals surface area contributed by atoms with Gasteiger partial charge in [-0.25, -0.2) is 14.4 Å². The van der Waals surface area contributed by atoms with Gasteiger partial charge >= 0.3 is 18.2 Å². The number of benzene rings is 2. The molecule has 0 saturated heterocycles. The first-order valence-corrected chi connectivity index (χ1v) is 14.8. The van der Waals surface area contributed by atoms with E-state index in [1.807, 2.05) is 45.0 Å². The molecule has 0 atom stereocenters. The van der Waals surface area contributed by atoms with E-state index in [4.69, 9.17) is 9.47 Å². The van der Waals surface area contributed by atoms with Gasteiger partial charge in [0.2, 0.25) is 0 Å². The molecule has 2 amide bonds. The third kappa shape index (κ3) is 6.73. The van der Waals surface area contributed by atoms with Crippen molar-refractivity contribution in [2.24, 2.45) is 0 Å². The summed E-state index contributed by atoms with van der Waals surface area (Å²) >= 11 is 1.17. The first kappa shape index (κ1) is 28.7. The van der Waals surface area contributed by atoms with E-state index in [1.165, 1.54) is 11.3 Å². The van der Waals surface area contributed by atoms with Crippen LogP contribution in [-0.2, 0) is 16.0 Å². The number of hydrogen-bond acceptors (Lipinski definition) is 6. The van der Waals surface area contributed by atoms with Gasteiger partial charge in [0.05, 0.1) is 6.54 Å². The maximum Gasteiger partial charge on any atom is 0.410 e. The van der Waals surface area contributed by atoms with Crippen LogP contribution < -0.4 is 5.32 Å². The molecule has 2 aromatic carbocycles. The van der Waals surface area contributed by atoms with Gasteiger partial charge < -0.3 is 24.8 Å². The molecule has 5 rings (SSSR count). The molecule has 2 N–H and O–H groups in total. The number of nitrogens with one attached hydrogen (secondary N) is 1. The molecule has 2 aliphatic carbocycles. The van der Waals surface area contributed by atoms with Crippen LogP contribution in [0.25, 0.3) is 11.1 Å². The van der Waals surface area contributed by atoms with Gasteiger partial charge in [-0.15, -0.1) is 11.3 Å². The minimum Gasteiger partial charge on any atom is -0.477 e. The van der Waals surface area contributed by atoms with Gasteiger partial charge in [-0.2, -0.15) is 0 Å². The highest BCUT2D eigenvalue weighted by atomic mass is 32.1. The summed E-state index contributed by atoms with van der Waals surface area (Å²) in [4.78, 5) is 40.2. The molecule has 0 aliphatic heterocycles. The van der Waals surface area contributed by atoms with E-state index in [1.54, 1.807) is 17.0 Å². The molecule has 1 fully saturated rings. The SMILES string of the molecule is CC(C)(C)OC(=O)NC1CCC(N(Cc2ccc(C(=O)O)s2)C(=O)OCC2c3ccccc3-c3ccccc32)CC1. The average molecular weight is 577 g/mol. The number of amides is 2. The Labute approximate surface area is 244 Å². The van der Waals surface area contributed by atoms with E-state index in [0.29, 0.717) is 25.7 Å². The zero-order valence-electron chi connectivity index (χ0n) is 23.6. The summed E-state index contributed by atoms with van der Waals surface area (Å²) in [6.07, 6.45) is 1.91. The predicted molar refractivity (Wildman–Crippen MR) is 157 cm³/mol. The largest absolute Gasteiger partial charge is 0.477 e. The van der Waals surface area contributed by atoms with E-state index >= 15 is 0 Å². The topological polar surface area (TPSA) is 105 Å². The second kappa shape index (κ2) is 11.9. The van der Waals surface area contributed by atoms with Gasteiger partial charge in [0, 0.05) is 22.9 Å². The third-order valence-electron chi connectivity index (χ3n) is 7.63. The molecule has 2 aliphatic rings. The number of alkyl carbamates (subject to hydrolysis) is 1. The van der Waals surface area contributed by atoms with Crippen LogP contribution in [0.3, 0.4) is 0 Å². The van der Waals surface area contributed by atoms with Gasteiger partial charge in [0.1, 0.15) is 17.1 Å². The standard InChI is InChI=1S/C32H36N2O6S/c1-32(2,3)40-30(37)33-20-12-14-21(15-13-20)34(18-22-16-17-28(41-22)29(35)36)31(38)39-19-27-25-10-6-4-8-23(25)24-9-5-7-11-26(24)27/h4-11,16-17,20-21,27H,12-15,18-19H2,1-3H3,(H,33,37)(H,35,36). The molecule has 0 radical (unpaired) electrons. The van der Waals surface area contributed by atoms with E-state index in [0.717, 1.165) is 27.1 Å². The molecule has 216 valence electrons. The van der Waals surface area contributed by atoms with Crippen molar-refractivity contribution in [3.8, 4) is 11.1 Å². The van der Waals surface area contributed by atoms with Crippen molar-refractivity contribution in [2.75, 3.05) is 6.61 Å². The first-order chi connectivity index (χ1) is 19.6. The Morgan fingerprint density at radius 3 is 2.10 bits per heavy atom. The highest BCUT2D eigenvalue weighted by Crippen LogP contribution is 2.44. The summed E-state index contributed by atoms with van der Waals surface area (Å²) in [5.41, 5.74) is 4.04. The number of aromatic carboxylic acids is 1. The Bertz CT molecular complexity index is 1370. The average Bonchev–Trinajstić information content (AvgIpc) is 3.53. The lowest BCUT2D eigenvalue weighted by molar-refractivity contribution is 0.0455. The predicted octanol–water partition coefficient (Wildman–Crippen LogP) is 7.03. The summed E-state index contributed by atoms with van der Waals surface area (Å²) in [5.74, 6) is -1.04. The number of carboxylic acid groups (broad SMARTS) is 1. The lowest BCUT2D eigenvalue weighted by Crippen LogP contribution is -2.47. The number of thiophene rings is 1. The van der Waals surface area contributed by atoms with Crippen molar-refractivity contribution in [2.45, 2.75) is 76.6 Å². The number of rotatable bonds is 7. The molecule has 0 unspecified atom stereocenters. The van der Waals surface area contributed by atoms with Crippen LogP contribution in [0.1, 0.15) is 78.0 Å². The molecule has 3 aromatic rings. The monoisotopic (exact) mass is 576 g/mol. The number of ether oxygens (including phenoxy) is 2. The Kier molecular flexibility index (Phi) is 8.35. The molecule has 8 nitrogen and oxygen atoms in total. The van der Waals surface area contributed by atoms with Crippen molar-refractivity contribution in [1.29, 1.82) is 0 Å². The highest BCUT2D eigenvalue weighted by Gasteiger charge is 2.34. The number of nitrogens with zero attached hydrogens (tertiary/aromatic N) is 1. The highest BCUT2D eigenvalue weighted by molar-refractivity contribution is 7.13. The molecule has 0 bridgehead atoms. The molecule has 41 heavy (non-hydrogen) atoms. The van der Waals surface area contributed by atoms with Gasteiger partial charge in [-0.3, -0.25) is 0 Å². The Hall–Kier alpha value is -3.85. The summed E-state index contributed by atoms with van der Waals surface area (Å²) in [6.45, 7) is 5.97. The number of hydrogen-bond donors (Lipinski definition) is 2. The van der Waals surface area contributed by atoms with Crippen LogP contribution in [0.15, 0.2) is 60.7 Å². The molecule has 9 heteroatoms. The quantitative estimate of drug-likeness (QED) is 0.313. The fourth-order valence-electron chi connectivity index (χ4n) is 5.77. The van der Waals surface area contributed by atoms with Crippen molar-refractivity contribution in [3.63, 3.8) is 0 Å². The Morgan fingerprint density at radius 1 is 0.927 bits per heavy atom. The fourth-order valence-corrected chi connectivity index (χ4v) is 6.62. The number of carboxylic acids is 1. The summed E-state index contributed by atoms with van der Waals surface area (Å²) in [5, 5.41) is 12.3. The molecular weight excluding hydrogens is 540 g/mol. The fraction of sp³-hybridized carbons (Fsp3) is 0.406. The van der Waals surface area contributed by atoms with Crippen LogP contribution >= 0.6 is 11.3 Å². The normalized spacial score (nSPS) is 18.2. The summed E-state index contributed by atoms with van der Waals surface area (Å²) in [7, 11) is 0. The van der Waals surface area contributed by atoms with Gasteiger partial charge in [-0.05, 0) is 80.8 Å². The molecular formula is C32H36N2O6S. The Balaban J connectivity index is 1.28. The third-order valence-corrected chi connectivity index (χ3v) is 8.69. The Morgan fingerprint density at radius 2 is 1.54 bits per heavy atom. The minimum absolute atomic E-state index is 0.0363. The molecule has 1 heterocycles. The van der Waals surface area contributed by atoms with E-state index < -0.39 is 23.8 Å². The van der Waals surface area contributed by atoms with Crippen LogP contribution in [0.4, 0.5) is 9.59 Å². The number of fused-ring (bicyclic) bond motifs is 3. The molecule has 1 aromatic heterocycles. The van der Waals surface area contributed by atoms with E-state index in [9.17, 15) is 19.5 Å². The van der Waals surface area contributed by atoms with Crippen molar-refractivity contribution < 1.29 is 29.0 Å². The van der Waals surface area contributed by atoms with E-state index in [2.05, 4.69) is 29.6 Å². The summed E-state index contributed by atoms with van der Waals surface area (Å²) in [6, 6.07) is 19.6. The minimum atomic E-state index is -0.984. The van der Waals surface area contributed by atoms with Crippen LogP contribution in [-0.4, -0.2) is 52.5 Å². The molecule has 0 spiro atoms. The smallest absolute Gasteiger partial charge is 0.410 e. The first-order valence-electron chi connectivity index (χ1n) is 14.0. The van der Waals surface area contributed by atoms with Crippen LogP contribution in [0.5, 0.6) is 0 Å². The van der Waals surface area contributed by atoms with Gasteiger partial charge in [0.15, 0.2) is 0 Å².